The van der Waals surface area contributed by atoms with Gasteiger partial charge in [-0.15, -0.1) is 0 Å². The Balaban J connectivity index is 2.07. The van der Waals surface area contributed by atoms with Crippen molar-refractivity contribution in [2.45, 2.75) is 28.9 Å². The molecular weight excluding hydrogens is 288 g/mol. The summed E-state index contributed by atoms with van der Waals surface area (Å²) in [6.07, 6.45) is 6.30. The molecule has 0 aromatic carbocycles. The average molecular weight is 304 g/mol. The van der Waals surface area contributed by atoms with Crippen LogP contribution in [-0.2, 0) is 10.0 Å². The highest BCUT2D eigenvalue weighted by Gasteiger charge is 2.37. The van der Waals surface area contributed by atoms with Crippen molar-refractivity contribution in [3.8, 4) is 0 Å². The molecule has 8 heteroatoms. The Morgan fingerprint density at radius 3 is 2.68 bits per heavy atom. The third-order valence-corrected chi connectivity index (χ3v) is 6.28. The molecule has 0 unspecified atom stereocenters. The van der Waals surface area contributed by atoms with Gasteiger partial charge < -0.3 is 10.1 Å². The molecule has 6 nitrogen and oxygen atoms in total. The minimum absolute atomic E-state index is 0.000987. The maximum Gasteiger partial charge on any atom is 0.352 e. The van der Waals surface area contributed by atoms with Crippen LogP contribution < -0.4 is 4.72 Å². The maximum absolute atomic E-state index is 12.0. The summed E-state index contributed by atoms with van der Waals surface area (Å²) in [6, 6.07) is 1.12. The molecule has 106 valence electrons. The topological polar surface area (TPSA) is 99.3 Å². The molecule has 1 aromatic rings. The van der Waals surface area contributed by atoms with Gasteiger partial charge in [0.1, 0.15) is 10.6 Å². The lowest BCUT2D eigenvalue weighted by Crippen LogP contribution is -2.45. The lowest BCUT2D eigenvalue weighted by molar-refractivity contribution is 0.0691. The predicted octanol–water partition coefficient (Wildman–Crippen LogP) is 1.28. The van der Waals surface area contributed by atoms with E-state index >= 15 is 0 Å². The van der Waals surface area contributed by atoms with Gasteiger partial charge in [0, 0.05) is 17.5 Å². The highest BCUT2D eigenvalue weighted by atomic mass is 32.2. The molecule has 1 aliphatic carbocycles. The molecule has 1 heterocycles. The van der Waals surface area contributed by atoms with Crippen molar-refractivity contribution in [1.82, 2.24) is 9.71 Å². The van der Waals surface area contributed by atoms with E-state index in [4.69, 9.17) is 5.11 Å². The molecule has 0 saturated heterocycles. The lowest BCUT2D eigenvalue weighted by Gasteiger charge is -2.40. The molecule has 1 fully saturated rings. The summed E-state index contributed by atoms with van der Waals surface area (Å²) in [5.74, 6) is -1.18. The number of aromatic carboxylic acids is 1. The molecular formula is C11H16N2O4S2. The molecule has 3 N–H and O–H groups in total. The number of carboxylic acid groups (broad SMARTS) is 1. The van der Waals surface area contributed by atoms with Crippen LogP contribution >= 0.6 is 11.8 Å². The van der Waals surface area contributed by atoms with Crippen molar-refractivity contribution in [3.05, 3.63) is 18.0 Å². The fourth-order valence-corrected chi connectivity index (χ4v) is 4.11. The zero-order chi connectivity index (χ0) is 14.1. The first-order valence-electron chi connectivity index (χ1n) is 5.85. The number of aromatic amines is 1. The lowest BCUT2D eigenvalue weighted by atomic mass is 9.84. The number of hydrogen-bond donors (Lipinski definition) is 3. The van der Waals surface area contributed by atoms with E-state index in [0.29, 0.717) is 6.54 Å². The third-order valence-electron chi connectivity index (χ3n) is 3.48. The Kier molecular flexibility index (Phi) is 3.93. The second-order valence-electron chi connectivity index (χ2n) is 4.62. The minimum Gasteiger partial charge on any atom is -0.477 e. The Hall–Kier alpha value is -0.990. The molecule has 0 bridgehead atoms. The van der Waals surface area contributed by atoms with Gasteiger partial charge in [-0.3, -0.25) is 0 Å². The van der Waals surface area contributed by atoms with Gasteiger partial charge in [-0.05, 0) is 25.2 Å². The summed E-state index contributed by atoms with van der Waals surface area (Å²) in [7, 11) is -3.65. The largest absolute Gasteiger partial charge is 0.477 e. The molecule has 1 aromatic heterocycles. The number of nitrogens with one attached hydrogen (secondary N) is 2. The number of carbonyl (C=O) groups is 1. The quantitative estimate of drug-likeness (QED) is 0.735. The first-order chi connectivity index (χ1) is 8.88. The van der Waals surface area contributed by atoms with Crippen LogP contribution in [0.2, 0.25) is 0 Å². The number of sulfonamides is 1. The molecule has 0 spiro atoms. The average Bonchev–Trinajstić information content (AvgIpc) is 2.78. The fourth-order valence-electron chi connectivity index (χ4n) is 1.99. The number of carboxylic acids is 1. The van der Waals surface area contributed by atoms with Crippen LogP contribution in [0.15, 0.2) is 17.2 Å². The van der Waals surface area contributed by atoms with Gasteiger partial charge in [0.15, 0.2) is 0 Å². The smallest absolute Gasteiger partial charge is 0.352 e. The monoisotopic (exact) mass is 304 g/mol. The van der Waals surface area contributed by atoms with E-state index in [1.807, 2.05) is 6.26 Å². The fraction of sp³-hybridized carbons (Fsp3) is 0.545. The van der Waals surface area contributed by atoms with Crippen LogP contribution in [0, 0.1) is 0 Å². The van der Waals surface area contributed by atoms with E-state index in [1.165, 1.54) is 6.20 Å². The number of hydrogen-bond acceptors (Lipinski definition) is 4. The van der Waals surface area contributed by atoms with Crippen molar-refractivity contribution >= 4 is 27.8 Å². The second kappa shape index (κ2) is 5.18. The summed E-state index contributed by atoms with van der Waals surface area (Å²) in [5.41, 5.74) is -0.136. The van der Waals surface area contributed by atoms with E-state index in [-0.39, 0.29) is 15.3 Å². The molecule has 0 aliphatic heterocycles. The van der Waals surface area contributed by atoms with Crippen LogP contribution in [-0.4, -0.2) is 42.0 Å². The van der Waals surface area contributed by atoms with Gasteiger partial charge in [-0.1, -0.05) is 6.42 Å². The van der Waals surface area contributed by atoms with Crippen LogP contribution in [0.4, 0.5) is 0 Å². The van der Waals surface area contributed by atoms with E-state index in [2.05, 4.69) is 9.71 Å². The maximum atomic E-state index is 12.0. The van der Waals surface area contributed by atoms with E-state index < -0.39 is 16.0 Å². The highest BCUT2D eigenvalue weighted by Crippen LogP contribution is 2.42. The van der Waals surface area contributed by atoms with E-state index in [9.17, 15) is 13.2 Å². The summed E-state index contributed by atoms with van der Waals surface area (Å²) in [4.78, 5) is 13.1. The van der Waals surface area contributed by atoms with Gasteiger partial charge in [0.2, 0.25) is 10.0 Å². The van der Waals surface area contributed by atoms with Crippen molar-refractivity contribution < 1.29 is 18.3 Å². The number of rotatable bonds is 6. The number of thioether (sulfide) groups is 1. The predicted molar refractivity (Wildman–Crippen MR) is 73.0 cm³/mol. The summed E-state index contributed by atoms with van der Waals surface area (Å²) in [5, 5.41) is 8.76. The Bertz CT molecular complexity index is 570. The first-order valence-corrected chi connectivity index (χ1v) is 8.56. The molecule has 1 saturated carbocycles. The normalized spacial score (nSPS) is 17.9. The Morgan fingerprint density at radius 1 is 1.58 bits per heavy atom. The second-order valence-corrected chi connectivity index (χ2v) is 7.66. The Labute approximate surface area is 116 Å². The molecule has 1 aliphatic rings. The Morgan fingerprint density at radius 2 is 2.26 bits per heavy atom. The first kappa shape index (κ1) is 14.4. The zero-order valence-corrected chi connectivity index (χ0v) is 12.1. The van der Waals surface area contributed by atoms with Gasteiger partial charge in [0.05, 0.1) is 0 Å². The molecule has 0 amide bonds. The third kappa shape index (κ3) is 2.96. The molecule has 0 atom stereocenters. The zero-order valence-electron chi connectivity index (χ0n) is 10.5. The summed E-state index contributed by atoms with van der Waals surface area (Å²) in [6.45, 7) is 0.379. The van der Waals surface area contributed by atoms with Crippen molar-refractivity contribution in [1.29, 1.82) is 0 Å². The minimum atomic E-state index is -3.65. The van der Waals surface area contributed by atoms with E-state index in [0.717, 1.165) is 25.3 Å². The molecule has 2 rings (SSSR count). The SMILES string of the molecule is CSC1(CNS(=O)(=O)c2c[nH]c(C(=O)O)c2)CCC1. The standard InChI is InChI=1S/C11H16N2O4S2/c1-18-11(3-2-4-11)7-13-19(16,17)8-5-9(10(14)15)12-6-8/h5-6,12-13H,2-4,7H2,1H3,(H,14,15). The molecule has 0 radical (unpaired) electrons. The number of aromatic nitrogens is 1. The van der Waals surface area contributed by atoms with E-state index in [1.54, 1.807) is 11.8 Å². The van der Waals surface area contributed by atoms with Crippen molar-refractivity contribution in [3.63, 3.8) is 0 Å². The number of H-pyrrole nitrogens is 1. The van der Waals surface area contributed by atoms with Crippen LogP contribution in [0.3, 0.4) is 0 Å². The van der Waals surface area contributed by atoms with Crippen molar-refractivity contribution in [2.24, 2.45) is 0 Å². The van der Waals surface area contributed by atoms with Crippen LogP contribution in [0.5, 0.6) is 0 Å². The highest BCUT2D eigenvalue weighted by molar-refractivity contribution is 8.00. The summed E-state index contributed by atoms with van der Waals surface area (Å²) >= 11 is 1.68. The van der Waals surface area contributed by atoms with Gasteiger partial charge in [-0.2, -0.15) is 11.8 Å². The van der Waals surface area contributed by atoms with Gasteiger partial charge in [0.25, 0.3) is 0 Å². The van der Waals surface area contributed by atoms with Crippen LogP contribution in [0.25, 0.3) is 0 Å². The molecule has 19 heavy (non-hydrogen) atoms. The van der Waals surface area contributed by atoms with Gasteiger partial charge >= 0.3 is 5.97 Å². The summed E-state index contributed by atoms with van der Waals surface area (Å²) < 4.78 is 26.6. The van der Waals surface area contributed by atoms with Crippen molar-refractivity contribution in [2.75, 3.05) is 12.8 Å². The van der Waals surface area contributed by atoms with Crippen LogP contribution in [0.1, 0.15) is 29.8 Å². The van der Waals surface area contributed by atoms with Gasteiger partial charge in [-0.25, -0.2) is 17.9 Å².